The summed E-state index contributed by atoms with van der Waals surface area (Å²) in [5, 5.41) is 24.6. The molecule has 290 valence electrons. The lowest BCUT2D eigenvalue weighted by Crippen LogP contribution is -2.60. The number of hydrogen-bond donors (Lipinski definition) is 2. The Bertz CT molecular complexity index is 1440. The second-order valence-corrected chi connectivity index (χ2v) is 17.6. The lowest BCUT2D eigenvalue weighted by Gasteiger charge is -2.52. The zero-order valence-corrected chi connectivity index (χ0v) is 30.0. The summed E-state index contributed by atoms with van der Waals surface area (Å²) in [5.41, 5.74) is -2.72. The van der Waals surface area contributed by atoms with Gasteiger partial charge in [-0.1, -0.05) is 0 Å². The van der Waals surface area contributed by atoms with Gasteiger partial charge in [-0.05, 0) is 89.9 Å². The van der Waals surface area contributed by atoms with Gasteiger partial charge in [0.25, 0.3) is 11.8 Å². The van der Waals surface area contributed by atoms with Crippen LogP contribution in [0.5, 0.6) is 0 Å². The number of fused-ring (bicyclic) bond motifs is 6. The molecule has 16 heteroatoms. The Balaban J connectivity index is 0.832. The van der Waals surface area contributed by atoms with Crippen LogP contribution in [0.25, 0.3) is 0 Å². The minimum Gasteiger partial charge on any atom is -0.465 e. The van der Waals surface area contributed by atoms with Crippen LogP contribution in [-0.2, 0) is 28.7 Å². The number of esters is 2. The number of halogens is 4. The zero-order valence-electron chi connectivity index (χ0n) is 30.0. The third-order valence-corrected chi connectivity index (χ3v) is 13.9. The molecule has 12 nitrogen and oxygen atoms in total. The van der Waals surface area contributed by atoms with Gasteiger partial charge < -0.3 is 20.1 Å². The number of carbonyl (C=O) groups excluding carboxylic acids is 4. The molecule has 53 heavy (non-hydrogen) atoms. The van der Waals surface area contributed by atoms with Crippen LogP contribution in [0.2, 0.25) is 0 Å². The summed E-state index contributed by atoms with van der Waals surface area (Å²) < 4.78 is 67.1. The first-order chi connectivity index (χ1) is 25.0. The lowest BCUT2D eigenvalue weighted by atomic mass is 9.57. The Morgan fingerprint density at radius 3 is 1.23 bits per heavy atom. The Morgan fingerprint density at radius 1 is 0.585 bits per heavy atom. The van der Waals surface area contributed by atoms with Crippen molar-refractivity contribution >= 4 is 23.8 Å². The van der Waals surface area contributed by atoms with Gasteiger partial charge in [0, 0.05) is 29.3 Å². The van der Waals surface area contributed by atoms with Gasteiger partial charge in [0.2, 0.25) is 11.8 Å². The highest BCUT2D eigenvalue weighted by molar-refractivity contribution is 5.81. The molecule has 0 aromatic heterocycles. The molecule has 0 radical (unpaired) electrons. The minimum atomic E-state index is -2.99. The maximum atomic E-state index is 13.8. The van der Waals surface area contributed by atoms with Crippen LogP contribution in [0.3, 0.4) is 0 Å². The molecular weight excluding hydrogens is 700 g/mol. The molecule has 2 N–H and O–H groups in total. The molecule has 2 amide bonds. The van der Waals surface area contributed by atoms with Gasteiger partial charge >= 0.3 is 11.9 Å². The van der Waals surface area contributed by atoms with Gasteiger partial charge in [0.05, 0.1) is 49.1 Å². The highest BCUT2D eigenvalue weighted by atomic mass is 19.3. The van der Waals surface area contributed by atoms with Crippen molar-refractivity contribution < 1.29 is 46.2 Å². The first-order valence-electron chi connectivity index (χ1n) is 19.0. The van der Waals surface area contributed by atoms with Crippen LogP contribution in [-0.4, -0.2) is 108 Å². The number of nitriles is 2. The van der Waals surface area contributed by atoms with E-state index in [-0.39, 0.29) is 38.2 Å². The second kappa shape index (κ2) is 13.4. The molecule has 9 rings (SSSR count). The van der Waals surface area contributed by atoms with E-state index in [0.29, 0.717) is 77.0 Å². The average molecular weight is 749 g/mol. The molecule has 0 unspecified atom stereocenters. The van der Waals surface area contributed by atoms with Crippen molar-refractivity contribution in [3.63, 3.8) is 0 Å². The number of rotatable bonds is 12. The average Bonchev–Trinajstić information content (AvgIpc) is 3.75. The van der Waals surface area contributed by atoms with Gasteiger partial charge in [-0.3, -0.25) is 29.0 Å². The van der Waals surface area contributed by atoms with Gasteiger partial charge in [0.15, 0.2) is 0 Å². The van der Waals surface area contributed by atoms with Crippen molar-refractivity contribution in [3.8, 4) is 12.1 Å². The maximum Gasteiger partial charge on any atom is 0.312 e. The largest absolute Gasteiger partial charge is 0.465 e. The zero-order chi connectivity index (χ0) is 37.9. The van der Waals surface area contributed by atoms with E-state index in [2.05, 4.69) is 10.6 Å². The minimum absolute atomic E-state index is 0.154. The van der Waals surface area contributed by atoms with Crippen LogP contribution in [0.4, 0.5) is 17.6 Å². The molecule has 2 aliphatic heterocycles. The quantitative estimate of drug-likeness (QED) is 0.222. The predicted molar refractivity (Wildman–Crippen MR) is 177 cm³/mol. The van der Waals surface area contributed by atoms with Gasteiger partial charge in [-0.15, -0.1) is 0 Å². The smallest absolute Gasteiger partial charge is 0.312 e. The molecule has 0 aromatic rings. The van der Waals surface area contributed by atoms with E-state index in [1.807, 2.05) is 12.1 Å². The van der Waals surface area contributed by atoms with E-state index in [4.69, 9.17) is 9.47 Å². The molecule has 7 saturated carbocycles. The summed E-state index contributed by atoms with van der Waals surface area (Å²) >= 11 is 0. The van der Waals surface area contributed by atoms with E-state index < -0.39 is 89.0 Å². The number of hydrogen-bond acceptors (Lipinski definition) is 10. The number of nitrogens with zero attached hydrogens (tertiary/aromatic N) is 4. The van der Waals surface area contributed by atoms with E-state index in [9.17, 15) is 47.3 Å². The molecule has 2 heterocycles. The van der Waals surface area contributed by atoms with Crippen LogP contribution in [0.15, 0.2) is 0 Å². The fourth-order valence-corrected chi connectivity index (χ4v) is 10.0. The lowest BCUT2D eigenvalue weighted by molar-refractivity contribution is -0.170. The van der Waals surface area contributed by atoms with Crippen molar-refractivity contribution in [1.29, 1.82) is 10.5 Å². The molecule has 7 aliphatic carbocycles. The summed E-state index contributed by atoms with van der Waals surface area (Å²) in [6.07, 6.45) is 7.02. The fourth-order valence-electron chi connectivity index (χ4n) is 10.0. The Hall–Kier alpha value is -3.50. The van der Waals surface area contributed by atoms with Gasteiger partial charge in [-0.25, -0.2) is 17.6 Å². The first kappa shape index (κ1) is 37.8. The number of alkyl halides is 4. The van der Waals surface area contributed by atoms with Crippen molar-refractivity contribution in [2.45, 2.75) is 138 Å². The number of ether oxygens (including phenoxy) is 2. The van der Waals surface area contributed by atoms with Crippen molar-refractivity contribution in [3.05, 3.63) is 0 Å². The van der Waals surface area contributed by atoms with E-state index in [1.165, 1.54) is 9.80 Å². The molecule has 2 saturated heterocycles. The number of carbonyl (C=O) groups is 4. The summed E-state index contributed by atoms with van der Waals surface area (Å²) in [6, 6.07) is 1.72. The molecule has 2 atom stereocenters. The predicted octanol–water partition coefficient (Wildman–Crippen LogP) is 3.74. The molecular formula is C37H48F4N6O6. The van der Waals surface area contributed by atoms with Crippen LogP contribution in [0.1, 0.15) is 103 Å². The SMILES string of the molecule is N#C[C@@H]1CC(F)(F)CN1CC(=O)NC12CCC(C(=O)OCC3(COC(=O)C45CCC(NC(=O)CN6CC(F)(F)C[C@H]6C#N)(CC4)CC5)CC3)(CC1)CC2. The summed E-state index contributed by atoms with van der Waals surface area (Å²) in [7, 11) is 0. The topological polar surface area (TPSA) is 165 Å². The Morgan fingerprint density at radius 2 is 0.925 bits per heavy atom. The number of amides is 2. The second-order valence-electron chi connectivity index (χ2n) is 17.6. The highest BCUT2D eigenvalue weighted by Crippen LogP contribution is 2.55. The fraction of sp³-hybridized carbons (Fsp3) is 0.838. The maximum absolute atomic E-state index is 13.8. The van der Waals surface area contributed by atoms with Crippen LogP contribution < -0.4 is 10.6 Å². The summed E-state index contributed by atoms with van der Waals surface area (Å²) in [4.78, 5) is 55.1. The van der Waals surface area contributed by atoms with E-state index >= 15 is 0 Å². The Kier molecular flexibility index (Phi) is 9.53. The first-order valence-corrected chi connectivity index (χ1v) is 19.0. The molecule has 4 bridgehead atoms. The standard InChI is InChI=1S/C37H48F4N6O6/c38-36(39)15-25(17-42)46(21-36)19-27(48)44-34-9-3-32(4-10-34,5-11-34)29(50)52-23-31(1-2-31)24-53-30(51)33-6-12-35(13-7-33,14-8-33)45-28(49)20-47-22-37(40,41)16-26(47)18-43/h25-26H,1-16,19-24H2,(H,44,48)(H,45,49)/t25-,26-,32?,33?,34?,35?/m0/s1. The van der Waals surface area contributed by atoms with Crippen LogP contribution in [0, 0.1) is 38.9 Å². The third kappa shape index (κ3) is 7.60. The monoisotopic (exact) mass is 748 g/mol. The Labute approximate surface area is 306 Å². The van der Waals surface area contributed by atoms with Crippen molar-refractivity contribution in [2.75, 3.05) is 39.4 Å². The molecule has 9 aliphatic rings. The summed E-state index contributed by atoms with van der Waals surface area (Å²) in [5.74, 6) is -7.32. The molecule has 0 aromatic carbocycles. The van der Waals surface area contributed by atoms with E-state index in [1.54, 1.807) is 0 Å². The van der Waals surface area contributed by atoms with Gasteiger partial charge in [-0.2, -0.15) is 10.5 Å². The van der Waals surface area contributed by atoms with E-state index in [0.717, 1.165) is 12.8 Å². The van der Waals surface area contributed by atoms with Crippen LogP contribution >= 0.6 is 0 Å². The molecule has 0 spiro atoms. The van der Waals surface area contributed by atoms with Crippen molar-refractivity contribution in [1.82, 2.24) is 20.4 Å². The summed E-state index contributed by atoms with van der Waals surface area (Å²) in [6.45, 7) is -1.47. The number of likely N-dealkylation sites (tertiary alicyclic amines) is 2. The normalized spacial score (nSPS) is 37.6. The highest BCUT2D eigenvalue weighted by Gasteiger charge is 2.57. The van der Waals surface area contributed by atoms with Gasteiger partial charge in [0.1, 0.15) is 25.3 Å². The third-order valence-electron chi connectivity index (χ3n) is 13.9. The molecule has 9 fully saturated rings. The van der Waals surface area contributed by atoms with Crippen molar-refractivity contribution in [2.24, 2.45) is 16.2 Å². The number of nitrogens with one attached hydrogen (secondary N) is 2.